The van der Waals surface area contributed by atoms with Crippen molar-refractivity contribution in [3.05, 3.63) is 17.0 Å². The lowest BCUT2D eigenvalue weighted by Gasteiger charge is -2.27. The van der Waals surface area contributed by atoms with Crippen LogP contribution in [-0.2, 0) is 0 Å². The molecule has 0 saturated heterocycles. The Hall–Kier alpha value is -1.11. The Balaban J connectivity index is 2.37. The molecule has 1 rings (SSSR count). The molecule has 0 fully saturated rings. The summed E-state index contributed by atoms with van der Waals surface area (Å²) in [5, 5.41) is 16.2. The molecule has 1 heterocycles. The number of thiophene rings is 1. The summed E-state index contributed by atoms with van der Waals surface area (Å²) in [5.74, 6) is 0. The molecule has 0 aliphatic carbocycles. The first-order valence-electron chi connectivity index (χ1n) is 5.77. The highest BCUT2D eigenvalue weighted by atomic mass is 32.1. The Kier molecular flexibility index (Phi) is 5.13. The van der Waals surface area contributed by atoms with Gasteiger partial charge in [-0.3, -0.25) is 5.32 Å². The molecular formula is C12H21N3O2S. The van der Waals surface area contributed by atoms with Crippen LogP contribution >= 0.6 is 11.3 Å². The van der Waals surface area contributed by atoms with Gasteiger partial charge in [-0.15, -0.1) is 11.3 Å². The molecule has 6 heteroatoms. The van der Waals surface area contributed by atoms with E-state index < -0.39 is 5.60 Å². The number of hydrogen-bond acceptors (Lipinski definition) is 4. The number of nitrogens with one attached hydrogen (secondary N) is 2. The predicted molar refractivity (Wildman–Crippen MR) is 75.3 cm³/mol. The molecule has 0 aliphatic heterocycles. The van der Waals surface area contributed by atoms with Gasteiger partial charge in [0.15, 0.2) is 0 Å². The molecule has 3 N–H and O–H groups in total. The molecule has 2 amide bonds. The van der Waals surface area contributed by atoms with Crippen LogP contribution in [0.15, 0.2) is 12.1 Å². The van der Waals surface area contributed by atoms with E-state index in [1.807, 2.05) is 38.1 Å². The van der Waals surface area contributed by atoms with Crippen LogP contribution in [0.2, 0.25) is 0 Å². The van der Waals surface area contributed by atoms with Crippen molar-refractivity contribution in [1.29, 1.82) is 0 Å². The van der Waals surface area contributed by atoms with Crippen LogP contribution in [0.3, 0.4) is 0 Å². The smallest absolute Gasteiger partial charge is 0.319 e. The first kappa shape index (κ1) is 14.9. The van der Waals surface area contributed by atoms with Gasteiger partial charge in [0, 0.05) is 18.0 Å². The monoisotopic (exact) mass is 271 g/mol. The van der Waals surface area contributed by atoms with Crippen LogP contribution in [0, 0.1) is 6.92 Å². The first-order valence-corrected chi connectivity index (χ1v) is 6.58. The molecule has 0 aliphatic rings. The van der Waals surface area contributed by atoms with E-state index in [-0.39, 0.29) is 12.6 Å². The topological polar surface area (TPSA) is 64.6 Å². The zero-order valence-electron chi connectivity index (χ0n) is 11.3. The number of urea groups is 1. The van der Waals surface area contributed by atoms with Crippen molar-refractivity contribution in [2.24, 2.45) is 0 Å². The van der Waals surface area contributed by atoms with Gasteiger partial charge in [-0.1, -0.05) is 0 Å². The number of carbonyl (C=O) groups excluding carboxylic acids is 1. The van der Waals surface area contributed by atoms with E-state index >= 15 is 0 Å². The molecule has 1 aromatic rings. The molecule has 0 saturated carbocycles. The lowest BCUT2D eigenvalue weighted by atomic mass is 10.1. The average molecular weight is 271 g/mol. The minimum Gasteiger partial charge on any atom is -0.387 e. The number of likely N-dealkylation sites (N-methyl/N-ethyl adjacent to an activating group) is 1. The second-order valence-corrected chi connectivity index (χ2v) is 6.24. The SMILES string of the molecule is Cc1ccc(NC(=O)NCC(C)(O)CN(C)C)s1. The highest BCUT2D eigenvalue weighted by Gasteiger charge is 2.22. The summed E-state index contributed by atoms with van der Waals surface area (Å²) in [4.78, 5) is 14.6. The number of anilines is 1. The van der Waals surface area contributed by atoms with Gasteiger partial charge in [0.25, 0.3) is 0 Å². The summed E-state index contributed by atoms with van der Waals surface area (Å²) in [6.07, 6.45) is 0. The predicted octanol–water partition coefficient (Wildman–Crippen LogP) is 1.49. The van der Waals surface area contributed by atoms with Gasteiger partial charge in [-0.05, 0) is 40.1 Å². The summed E-state index contributed by atoms with van der Waals surface area (Å²) in [5.41, 5.74) is -0.938. The summed E-state index contributed by atoms with van der Waals surface area (Å²) < 4.78 is 0. The quantitative estimate of drug-likeness (QED) is 0.760. The Morgan fingerprint density at radius 1 is 1.50 bits per heavy atom. The molecule has 0 bridgehead atoms. The lowest BCUT2D eigenvalue weighted by Crippen LogP contribution is -2.47. The minimum absolute atomic E-state index is 0.210. The van der Waals surface area contributed by atoms with Gasteiger partial charge >= 0.3 is 6.03 Å². The van der Waals surface area contributed by atoms with Crippen LogP contribution in [0.5, 0.6) is 0 Å². The number of carbonyl (C=O) groups is 1. The van der Waals surface area contributed by atoms with E-state index in [1.165, 1.54) is 11.3 Å². The molecule has 0 aromatic carbocycles. The normalized spacial score (nSPS) is 14.3. The first-order chi connectivity index (χ1) is 8.28. The van der Waals surface area contributed by atoms with Crippen molar-refractivity contribution in [2.45, 2.75) is 19.4 Å². The number of rotatable bonds is 5. The summed E-state index contributed by atoms with van der Waals surface area (Å²) in [7, 11) is 3.76. The van der Waals surface area contributed by atoms with E-state index in [2.05, 4.69) is 10.6 Å². The van der Waals surface area contributed by atoms with E-state index in [9.17, 15) is 9.90 Å². The Bertz CT molecular complexity index is 402. The van der Waals surface area contributed by atoms with Crippen molar-refractivity contribution in [2.75, 3.05) is 32.5 Å². The highest BCUT2D eigenvalue weighted by Crippen LogP contribution is 2.20. The maximum atomic E-state index is 11.6. The number of aryl methyl sites for hydroxylation is 1. The van der Waals surface area contributed by atoms with Gasteiger partial charge < -0.3 is 15.3 Å². The summed E-state index contributed by atoms with van der Waals surface area (Å²) >= 11 is 1.52. The zero-order chi connectivity index (χ0) is 13.8. The maximum Gasteiger partial charge on any atom is 0.319 e. The Morgan fingerprint density at radius 3 is 2.67 bits per heavy atom. The van der Waals surface area contributed by atoms with E-state index in [1.54, 1.807) is 6.92 Å². The van der Waals surface area contributed by atoms with Gasteiger partial charge in [0.1, 0.15) is 0 Å². The van der Waals surface area contributed by atoms with Crippen molar-refractivity contribution in [1.82, 2.24) is 10.2 Å². The number of nitrogens with zero attached hydrogens (tertiary/aromatic N) is 1. The fourth-order valence-corrected chi connectivity index (χ4v) is 2.43. The van der Waals surface area contributed by atoms with Gasteiger partial charge in [-0.25, -0.2) is 4.79 Å². The van der Waals surface area contributed by atoms with E-state index in [0.717, 1.165) is 9.88 Å². The van der Waals surface area contributed by atoms with Crippen LogP contribution in [0.4, 0.5) is 9.80 Å². The third-order valence-electron chi connectivity index (χ3n) is 2.26. The van der Waals surface area contributed by atoms with Crippen LogP contribution < -0.4 is 10.6 Å². The number of aliphatic hydroxyl groups is 1. The Morgan fingerprint density at radius 2 is 2.17 bits per heavy atom. The summed E-state index contributed by atoms with van der Waals surface area (Å²) in [6, 6.07) is 3.51. The fraction of sp³-hybridized carbons (Fsp3) is 0.583. The van der Waals surface area contributed by atoms with E-state index in [0.29, 0.717) is 6.54 Å². The van der Waals surface area contributed by atoms with Crippen molar-refractivity contribution < 1.29 is 9.90 Å². The standard InChI is InChI=1S/C12H21N3O2S/c1-9-5-6-10(18-9)14-11(16)13-7-12(2,17)8-15(3)4/h5-6,17H,7-8H2,1-4H3,(H2,13,14,16). The van der Waals surface area contributed by atoms with Gasteiger partial charge in [-0.2, -0.15) is 0 Å². The van der Waals surface area contributed by atoms with Gasteiger partial charge in [0.2, 0.25) is 0 Å². The molecule has 102 valence electrons. The Labute approximate surface area is 112 Å². The van der Waals surface area contributed by atoms with Crippen LogP contribution in [0.1, 0.15) is 11.8 Å². The molecule has 0 spiro atoms. The molecule has 18 heavy (non-hydrogen) atoms. The largest absolute Gasteiger partial charge is 0.387 e. The summed E-state index contributed by atoms with van der Waals surface area (Å²) in [6.45, 7) is 4.38. The van der Waals surface area contributed by atoms with E-state index in [4.69, 9.17) is 0 Å². The highest BCUT2D eigenvalue weighted by molar-refractivity contribution is 7.16. The van der Waals surface area contributed by atoms with Crippen LogP contribution in [-0.4, -0.2) is 48.8 Å². The molecule has 1 aromatic heterocycles. The maximum absolute atomic E-state index is 11.6. The van der Waals surface area contributed by atoms with Crippen molar-refractivity contribution in [3.63, 3.8) is 0 Å². The van der Waals surface area contributed by atoms with Crippen LogP contribution in [0.25, 0.3) is 0 Å². The second-order valence-electron chi connectivity index (χ2n) is 4.95. The molecule has 0 radical (unpaired) electrons. The number of amides is 2. The molecule has 1 atom stereocenters. The molecule has 5 nitrogen and oxygen atoms in total. The third kappa shape index (κ3) is 5.48. The fourth-order valence-electron chi connectivity index (χ4n) is 1.67. The average Bonchev–Trinajstić information content (AvgIpc) is 2.59. The lowest BCUT2D eigenvalue weighted by molar-refractivity contribution is 0.0364. The number of hydrogen-bond donors (Lipinski definition) is 3. The second kappa shape index (κ2) is 6.17. The van der Waals surface area contributed by atoms with Crippen molar-refractivity contribution in [3.8, 4) is 0 Å². The third-order valence-corrected chi connectivity index (χ3v) is 3.18. The minimum atomic E-state index is -0.938. The molecular weight excluding hydrogens is 250 g/mol. The molecule has 1 unspecified atom stereocenters. The van der Waals surface area contributed by atoms with Gasteiger partial charge in [0.05, 0.1) is 10.6 Å². The van der Waals surface area contributed by atoms with Crippen molar-refractivity contribution >= 4 is 22.4 Å². The zero-order valence-corrected chi connectivity index (χ0v) is 12.1.